The van der Waals surface area contributed by atoms with Crippen LogP contribution in [0, 0.1) is 24.0 Å². The number of aromatic nitrogens is 2. The maximum absolute atomic E-state index is 12.1. The molecule has 3 rings (SSSR count). The van der Waals surface area contributed by atoms with Gasteiger partial charge in [-0.2, -0.15) is 4.98 Å². The Morgan fingerprint density at radius 2 is 1.83 bits per heavy atom. The van der Waals surface area contributed by atoms with E-state index in [0.717, 1.165) is 11.1 Å². The summed E-state index contributed by atoms with van der Waals surface area (Å²) in [4.78, 5) is 33.4. The first-order valence-corrected chi connectivity index (χ1v) is 9.37. The van der Waals surface area contributed by atoms with Crippen LogP contribution in [0.4, 0.5) is 11.5 Å². The second-order valence-electron chi connectivity index (χ2n) is 7.36. The van der Waals surface area contributed by atoms with Gasteiger partial charge < -0.3 is 14.4 Å². The van der Waals surface area contributed by atoms with Crippen LogP contribution in [0.25, 0.3) is 0 Å². The number of nitro groups is 1. The van der Waals surface area contributed by atoms with Gasteiger partial charge in [-0.05, 0) is 57.9 Å². The first-order valence-electron chi connectivity index (χ1n) is 9.37. The van der Waals surface area contributed by atoms with Gasteiger partial charge in [-0.25, -0.2) is 4.98 Å². The fourth-order valence-corrected chi connectivity index (χ4v) is 3.42. The molecule has 0 amide bonds. The molecule has 2 unspecified atom stereocenters. The summed E-state index contributed by atoms with van der Waals surface area (Å²) in [6, 6.07) is 3.41. The van der Waals surface area contributed by atoms with Gasteiger partial charge in [0.25, 0.3) is 0 Å². The van der Waals surface area contributed by atoms with Gasteiger partial charge in [0.15, 0.2) is 5.78 Å². The van der Waals surface area contributed by atoms with E-state index in [0.29, 0.717) is 18.7 Å². The zero-order valence-corrected chi connectivity index (χ0v) is 17.1. The van der Waals surface area contributed by atoms with Crippen LogP contribution in [0.15, 0.2) is 18.5 Å². The Bertz CT molecular complexity index is 952. The molecular formula is C20H24N4O5. The Kier molecular flexibility index (Phi) is 5.78. The van der Waals surface area contributed by atoms with Gasteiger partial charge in [-0.3, -0.25) is 14.9 Å². The van der Waals surface area contributed by atoms with Gasteiger partial charge in [-0.15, -0.1) is 0 Å². The Balaban J connectivity index is 2.07. The number of hydrogen-bond acceptors (Lipinski definition) is 8. The van der Waals surface area contributed by atoms with Crippen LogP contribution in [0.1, 0.15) is 42.3 Å². The van der Waals surface area contributed by atoms with Crippen LogP contribution in [0.5, 0.6) is 11.6 Å². The zero-order chi connectivity index (χ0) is 21.3. The molecule has 1 aliphatic heterocycles. The normalized spacial score (nSPS) is 19.1. The molecule has 1 aromatic carbocycles. The molecule has 0 spiro atoms. The summed E-state index contributed by atoms with van der Waals surface area (Å²) in [7, 11) is 0. The highest BCUT2D eigenvalue weighted by molar-refractivity contribution is 5.97. The molecule has 1 saturated heterocycles. The molecule has 0 saturated carbocycles. The summed E-state index contributed by atoms with van der Waals surface area (Å²) in [5.41, 5.74) is 1.84. The minimum absolute atomic E-state index is 0.0956. The third-order valence-corrected chi connectivity index (χ3v) is 4.85. The number of hydrogen-bond donors (Lipinski definition) is 0. The zero-order valence-electron chi connectivity index (χ0n) is 17.1. The van der Waals surface area contributed by atoms with E-state index >= 15 is 0 Å². The van der Waals surface area contributed by atoms with E-state index in [1.165, 1.54) is 13.3 Å². The van der Waals surface area contributed by atoms with Crippen molar-refractivity contribution in [1.29, 1.82) is 0 Å². The van der Waals surface area contributed by atoms with E-state index in [9.17, 15) is 14.9 Å². The van der Waals surface area contributed by atoms with E-state index in [4.69, 9.17) is 9.47 Å². The number of anilines is 1. The van der Waals surface area contributed by atoms with Crippen molar-refractivity contribution in [3.8, 4) is 11.6 Å². The molecule has 9 heteroatoms. The summed E-state index contributed by atoms with van der Waals surface area (Å²) in [6.07, 6.45) is 1.04. The van der Waals surface area contributed by atoms with E-state index < -0.39 is 4.92 Å². The van der Waals surface area contributed by atoms with Crippen LogP contribution < -0.4 is 9.64 Å². The predicted molar refractivity (Wildman–Crippen MR) is 107 cm³/mol. The third kappa shape index (κ3) is 4.34. The van der Waals surface area contributed by atoms with Crippen LogP contribution in [0.2, 0.25) is 0 Å². The lowest BCUT2D eigenvalue weighted by molar-refractivity contribution is -0.385. The smallest absolute Gasteiger partial charge is 0.373 e. The fraction of sp³-hybridized carbons (Fsp3) is 0.450. The van der Waals surface area contributed by atoms with Crippen molar-refractivity contribution >= 4 is 17.3 Å². The first-order chi connectivity index (χ1) is 13.7. The largest absolute Gasteiger partial charge is 0.433 e. The minimum atomic E-state index is -0.552. The van der Waals surface area contributed by atoms with Crippen molar-refractivity contribution in [2.75, 3.05) is 18.0 Å². The average Bonchev–Trinajstić information content (AvgIpc) is 2.63. The van der Waals surface area contributed by atoms with Gasteiger partial charge in [0, 0.05) is 13.1 Å². The predicted octanol–water partition coefficient (Wildman–Crippen LogP) is 3.61. The number of nitrogens with zero attached hydrogens (tertiary/aromatic N) is 4. The topological polar surface area (TPSA) is 108 Å². The molecule has 0 bridgehead atoms. The van der Waals surface area contributed by atoms with Crippen LogP contribution in [-0.2, 0) is 4.74 Å². The van der Waals surface area contributed by atoms with Gasteiger partial charge in [0.2, 0.25) is 5.82 Å². The number of carbonyl (C=O) groups is 1. The molecule has 0 aliphatic carbocycles. The van der Waals surface area contributed by atoms with Crippen molar-refractivity contribution < 1.29 is 19.2 Å². The number of Topliss-reactive ketones (excluding diaryl/α,β-unsaturated/α-hetero) is 1. The molecule has 2 aromatic rings. The number of aryl methyl sites for hydroxylation is 2. The molecule has 1 aliphatic rings. The maximum atomic E-state index is 12.1. The molecule has 0 N–H and O–H groups in total. The lowest BCUT2D eigenvalue weighted by Crippen LogP contribution is -2.46. The second kappa shape index (κ2) is 8.12. The summed E-state index contributed by atoms with van der Waals surface area (Å²) >= 11 is 0. The van der Waals surface area contributed by atoms with Crippen molar-refractivity contribution in [2.24, 2.45) is 0 Å². The Morgan fingerprint density at radius 1 is 1.21 bits per heavy atom. The number of benzene rings is 1. The number of ether oxygens (including phenoxy) is 2. The number of morpholine rings is 1. The average molecular weight is 400 g/mol. The third-order valence-electron chi connectivity index (χ3n) is 4.85. The molecular weight excluding hydrogens is 376 g/mol. The molecule has 0 radical (unpaired) electrons. The maximum Gasteiger partial charge on any atom is 0.373 e. The fourth-order valence-electron chi connectivity index (χ4n) is 3.42. The van der Waals surface area contributed by atoms with Gasteiger partial charge in [0.05, 0.1) is 22.7 Å². The van der Waals surface area contributed by atoms with E-state index in [-0.39, 0.29) is 41.1 Å². The minimum Gasteiger partial charge on any atom is -0.433 e. The molecule has 29 heavy (non-hydrogen) atoms. The monoisotopic (exact) mass is 400 g/mol. The van der Waals surface area contributed by atoms with Crippen molar-refractivity contribution in [1.82, 2.24) is 9.97 Å². The summed E-state index contributed by atoms with van der Waals surface area (Å²) in [5, 5.41) is 11.9. The Hall–Kier alpha value is -3.07. The molecule has 2 atom stereocenters. The number of carbonyl (C=O) groups excluding carboxylic acids is 1. The van der Waals surface area contributed by atoms with E-state index in [1.807, 2.05) is 27.7 Å². The van der Waals surface area contributed by atoms with Crippen molar-refractivity contribution in [2.45, 2.75) is 46.8 Å². The number of rotatable bonds is 5. The van der Waals surface area contributed by atoms with Crippen LogP contribution in [0.3, 0.4) is 0 Å². The second-order valence-corrected chi connectivity index (χ2v) is 7.36. The highest BCUT2D eigenvalue weighted by Crippen LogP contribution is 2.38. The van der Waals surface area contributed by atoms with Crippen LogP contribution >= 0.6 is 0 Å². The summed E-state index contributed by atoms with van der Waals surface area (Å²) in [5.74, 6) is 0.0145. The molecule has 1 aromatic heterocycles. The molecule has 1 fully saturated rings. The highest BCUT2D eigenvalue weighted by Gasteiger charge is 2.33. The molecule has 2 heterocycles. The quantitative estimate of drug-likeness (QED) is 0.425. The SMILES string of the molecule is CC(=O)c1cc(C)c(C)cc1Oc1ncnc(N2CC(C)OC(C)C2)c1[N+](=O)[O-]. The van der Waals surface area contributed by atoms with Gasteiger partial charge in [0.1, 0.15) is 12.1 Å². The van der Waals surface area contributed by atoms with Crippen LogP contribution in [-0.4, -0.2) is 46.0 Å². The van der Waals surface area contributed by atoms with E-state index in [2.05, 4.69) is 9.97 Å². The van der Waals surface area contributed by atoms with Gasteiger partial charge >= 0.3 is 11.6 Å². The number of ketones is 1. The van der Waals surface area contributed by atoms with E-state index in [1.54, 1.807) is 17.0 Å². The summed E-state index contributed by atoms with van der Waals surface area (Å²) in [6.45, 7) is 9.92. The lowest BCUT2D eigenvalue weighted by Gasteiger charge is -2.35. The first kappa shape index (κ1) is 20.7. The highest BCUT2D eigenvalue weighted by atomic mass is 16.6. The van der Waals surface area contributed by atoms with Crippen molar-refractivity contribution in [3.05, 3.63) is 45.3 Å². The van der Waals surface area contributed by atoms with Crippen molar-refractivity contribution in [3.63, 3.8) is 0 Å². The Labute approximate surface area is 168 Å². The lowest BCUT2D eigenvalue weighted by atomic mass is 10.0. The molecule has 9 nitrogen and oxygen atoms in total. The molecule has 154 valence electrons. The summed E-state index contributed by atoms with van der Waals surface area (Å²) < 4.78 is 11.5. The standard InChI is InChI=1S/C20H24N4O5/c1-11-6-16(15(5)25)17(7-12(11)2)29-20-18(24(26)27)19(21-10-22-20)23-8-13(3)28-14(4)9-23/h6-7,10,13-14H,8-9H2,1-5H3. The Morgan fingerprint density at radius 3 is 2.41 bits per heavy atom. The van der Waals surface area contributed by atoms with Gasteiger partial charge in [-0.1, -0.05) is 0 Å².